The minimum Gasteiger partial charge on any atom is -0.338 e. The maximum Gasteiger partial charge on any atom is 0.227 e. The van der Waals surface area contributed by atoms with Gasteiger partial charge in [0.1, 0.15) is 5.82 Å². The maximum atomic E-state index is 13.5. The van der Waals surface area contributed by atoms with Gasteiger partial charge in [-0.25, -0.2) is 9.37 Å². The summed E-state index contributed by atoms with van der Waals surface area (Å²) in [4.78, 5) is 18.7. The van der Waals surface area contributed by atoms with Gasteiger partial charge in [-0.1, -0.05) is 6.07 Å². The first-order chi connectivity index (χ1) is 11.6. The third kappa shape index (κ3) is 2.64. The first-order valence-corrected chi connectivity index (χ1v) is 7.94. The number of amides is 1. The summed E-state index contributed by atoms with van der Waals surface area (Å²) in [5.41, 5.74) is 4.59. The van der Waals surface area contributed by atoms with Crippen LogP contribution in [0.1, 0.15) is 22.3 Å². The van der Waals surface area contributed by atoms with Gasteiger partial charge in [0.05, 0.1) is 12.6 Å². The van der Waals surface area contributed by atoms with Crippen molar-refractivity contribution in [2.75, 3.05) is 6.54 Å². The molecule has 1 aromatic carbocycles. The first-order valence-electron chi connectivity index (χ1n) is 7.94. The smallest absolute Gasteiger partial charge is 0.227 e. The normalized spacial score (nSPS) is 14.0. The molecular weight excluding hydrogens is 307 g/mol. The SMILES string of the molecule is Cc1cc(F)cc(CC(=O)N2CCc3c(cnc4[nH]ncc34)C2)c1. The Balaban J connectivity index is 1.54. The summed E-state index contributed by atoms with van der Waals surface area (Å²) in [5, 5.41) is 7.93. The predicted molar refractivity (Wildman–Crippen MR) is 87.9 cm³/mol. The quantitative estimate of drug-likeness (QED) is 0.788. The Bertz CT molecular complexity index is 914. The molecule has 4 rings (SSSR count). The van der Waals surface area contributed by atoms with Crippen molar-refractivity contribution in [3.8, 4) is 0 Å². The van der Waals surface area contributed by atoms with Crippen molar-refractivity contribution in [2.45, 2.75) is 26.3 Å². The number of carbonyl (C=O) groups is 1. The summed E-state index contributed by atoms with van der Waals surface area (Å²) in [7, 11) is 0. The molecule has 3 heterocycles. The molecule has 0 bridgehead atoms. The van der Waals surface area contributed by atoms with Gasteiger partial charge in [0.2, 0.25) is 5.91 Å². The molecular formula is C18H17FN4O. The van der Waals surface area contributed by atoms with E-state index in [-0.39, 0.29) is 18.1 Å². The average molecular weight is 324 g/mol. The number of nitrogens with one attached hydrogen (secondary N) is 1. The van der Waals surface area contributed by atoms with Crippen LogP contribution >= 0.6 is 0 Å². The zero-order chi connectivity index (χ0) is 16.7. The number of H-pyrrole nitrogens is 1. The van der Waals surface area contributed by atoms with E-state index >= 15 is 0 Å². The fourth-order valence-corrected chi connectivity index (χ4v) is 3.37. The van der Waals surface area contributed by atoms with Crippen LogP contribution in [-0.4, -0.2) is 32.5 Å². The Morgan fingerprint density at radius 2 is 2.21 bits per heavy atom. The Hall–Kier alpha value is -2.76. The lowest BCUT2D eigenvalue weighted by Gasteiger charge is -2.29. The van der Waals surface area contributed by atoms with Gasteiger partial charge in [-0.2, -0.15) is 5.10 Å². The lowest BCUT2D eigenvalue weighted by atomic mass is 9.98. The number of nitrogens with zero attached hydrogens (tertiary/aromatic N) is 3. The van der Waals surface area contributed by atoms with Gasteiger partial charge in [-0.3, -0.25) is 9.89 Å². The van der Waals surface area contributed by atoms with Gasteiger partial charge in [-0.15, -0.1) is 0 Å². The molecule has 1 amide bonds. The number of aromatic amines is 1. The first kappa shape index (κ1) is 14.8. The minimum atomic E-state index is -0.298. The molecule has 1 aliphatic heterocycles. The molecule has 5 nitrogen and oxygen atoms in total. The summed E-state index contributed by atoms with van der Waals surface area (Å²) >= 11 is 0. The fourth-order valence-electron chi connectivity index (χ4n) is 3.37. The molecule has 0 atom stereocenters. The number of hydrogen-bond acceptors (Lipinski definition) is 3. The van der Waals surface area contributed by atoms with Crippen molar-refractivity contribution < 1.29 is 9.18 Å². The largest absolute Gasteiger partial charge is 0.338 e. The van der Waals surface area contributed by atoms with Crippen molar-refractivity contribution >= 4 is 16.9 Å². The van der Waals surface area contributed by atoms with Crippen molar-refractivity contribution in [3.05, 3.63) is 58.7 Å². The highest BCUT2D eigenvalue weighted by molar-refractivity contribution is 5.82. The number of carbonyl (C=O) groups excluding carboxylic acids is 1. The summed E-state index contributed by atoms with van der Waals surface area (Å²) in [6, 6.07) is 4.75. The van der Waals surface area contributed by atoms with E-state index in [0.29, 0.717) is 18.7 Å². The number of halogens is 1. The highest BCUT2D eigenvalue weighted by Gasteiger charge is 2.23. The molecule has 6 heteroatoms. The lowest BCUT2D eigenvalue weighted by molar-refractivity contribution is -0.131. The van der Waals surface area contributed by atoms with Crippen LogP contribution in [0.3, 0.4) is 0 Å². The minimum absolute atomic E-state index is 0.0120. The van der Waals surface area contributed by atoms with Crippen molar-refractivity contribution in [1.82, 2.24) is 20.1 Å². The highest BCUT2D eigenvalue weighted by atomic mass is 19.1. The molecule has 0 saturated carbocycles. The van der Waals surface area contributed by atoms with Gasteiger partial charge in [-0.05, 0) is 47.7 Å². The van der Waals surface area contributed by atoms with E-state index in [2.05, 4.69) is 15.2 Å². The lowest BCUT2D eigenvalue weighted by Crippen LogP contribution is -2.37. The molecule has 0 spiro atoms. The van der Waals surface area contributed by atoms with Crippen LogP contribution in [0.5, 0.6) is 0 Å². The summed E-state index contributed by atoms with van der Waals surface area (Å²) in [5.74, 6) is -0.286. The van der Waals surface area contributed by atoms with Crippen LogP contribution in [0.25, 0.3) is 11.0 Å². The number of hydrogen-bond donors (Lipinski definition) is 1. The highest BCUT2D eigenvalue weighted by Crippen LogP contribution is 2.25. The molecule has 3 aromatic rings. The van der Waals surface area contributed by atoms with Gasteiger partial charge in [0, 0.05) is 24.7 Å². The molecule has 2 aromatic heterocycles. The van der Waals surface area contributed by atoms with Crippen LogP contribution in [0.4, 0.5) is 4.39 Å². The van der Waals surface area contributed by atoms with Crippen LogP contribution in [-0.2, 0) is 24.2 Å². The van der Waals surface area contributed by atoms with Crippen molar-refractivity contribution in [1.29, 1.82) is 0 Å². The fraction of sp³-hybridized carbons (Fsp3) is 0.278. The standard InChI is InChI=1S/C18H17FN4O/c1-11-4-12(6-14(19)5-11)7-17(24)23-3-2-15-13(10-23)8-20-18-16(15)9-21-22-18/h4-6,8-9H,2-3,7,10H2,1H3,(H,20,21,22). The Morgan fingerprint density at radius 1 is 1.33 bits per heavy atom. The second-order valence-electron chi connectivity index (χ2n) is 6.27. The molecule has 0 saturated heterocycles. The molecule has 122 valence electrons. The molecule has 0 radical (unpaired) electrons. The van der Waals surface area contributed by atoms with Crippen LogP contribution < -0.4 is 0 Å². The van der Waals surface area contributed by atoms with Crippen molar-refractivity contribution in [2.24, 2.45) is 0 Å². The van der Waals surface area contributed by atoms with E-state index in [1.165, 1.54) is 17.7 Å². The Kier molecular flexibility index (Phi) is 3.52. The third-order valence-electron chi connectivity index (χ3n) is 4.48. The van der Waals surface area contributed by atoms with E-state index in [4.69, 9.17) is 0 Å². The number of rotatable bonds is 2. The van der Waals surface area contributed by atoms with Crippen LogP contribution in [0.15, 0.2) is 30.6 Å². The average Bonchev–Trinajstić information content (AvgIpc) is 3.02. The topological polar surface area (TPSA) is 61.9 Å². The maximum absolute atomic E-state index is 13.5. The van der Waals surface area contributed by atoms with Crippen LogP contribution in [0, 0.1) is 12.7 Å². The van der Waals surface area contributed by atoms with Gasteiger partial charge in [0.25, 0.3) is 0 Å². The number of aromatic nitrogens is 3. The zero-order valence-electron chi connectivity index (χ0n) is 13.3. The number of aryl methyl sites for hydroxylation is 1. The number of fused-ring (bicyclic) bond motifs is 3. The van der Waals surface area contributed by atoms with Gasteiger partial charge < -0.3 is 4.90 Å². The molecule has 1 aliphatic rings. The predicted octanol–water partition coefficient (Wildman–Crippen LogP) is 2.53. The van der Waals surface area contributed by atoms with E-state index in [9.17, 15) is 9.18 Å². The molecule has 0 fully saturated rings. The monoisotopic (exact) mass is 324 g/mol. The Labute approximate surface area is 138 Å². The van der Waals surface area contributed by atoms with E-state index in [0.717, 1.165) is 28.6 Å². The van der Waals surface area contributed by atoms with E-state index < -0.39 is 0 Å². The van der Waals surface area contributed by atoms with Gasteiger partial charge >= 0.3 is 0 Å². The third-order valence-corrected chi connectivity index (χ3v) is 4.48. The van der Waals surface area contributed by atoms with E-state index in [1.54, 1.807) is 6.20 Å². The van der Waals surface area contributed by atoms with Gasteiger partial charge in [0.15, 0.2) is 5.65 Å². The van der Waals surface area contributed by atoms with E-state index in [1.807, 2.05) is 24.1 Å². The summed E-state index contributed by atoms with van der Waals surface area (Å²) < 4.78 is 13.5. The second kappa shape index (κ2) is 5.70. The summed E-state index contributed by atoms with van der Waals surface area (Å²) in [6.45, 7) is 3.02. The summed E-state index contributed by atoms with van der Waals surface area (Å²) in [6.07, 6.45) is 4.59. The Morgan fingerprint density at radius 3 is 3.04 bits per heavy atom. The molecule has 1 N–H and O–H groups in total. The zero-order valence-corrected chi connectivity index (χ0v) is 13.3. The molecule has 0 unspecified atom stereocenters. The number of pyridine rings is 1. The number of benzene rings is 1. The van der Waals surface area contributed by atoms with Crippen LogP contribution in [0.2, 0.25) is 0 Å². The second-order valence-corrected chi connectivity index (χ2v) is 6.27. The molecule has 0 aliphatic carbocycles. The molecule has 24 heavy (non-hydrogen) atoms. The van der Waals surface area contributed by atoms with Crippen molar-refractivity contribution in [3.63, 3.8) is 0 Å².